The Balaban J connectivity index is 1.62. The van der Waals surface area contributed by atoms with E-state index in [0.29, 0.717) is 17.9 Å². The summed E-state index contributed by atoms with van der Waals surface area (Å²) in [6, 6.07) is 11.2. The van der Waals surface area contributed by atoms with Gasteiger partial charge in [-0.2, -0.15) is 23.3 Å². The van der Waals surface area contributed by atoms with Crippen LogP contribution in [0, 0.1) is 0 Å². The SMILES string of the molecule is CCCc1ccc(Nc2nc(NCc3cccc(C(F)(F)F)c3)ncc2-c2cnn(C)c2)cc1CN. The highest BCUT2D eigenvalue weighted by Gasteiger charge is 2.30. The Hall–Kier alpha value is -3.92. The van der Waals surface area contributed by atoms with Crippen molar-refractivity contribution in [3.63, 3.8) is 0 Å². The molecule has 0 atom stereocenters. The number of benzene rings is 2. The van der Waals surface area contributed by atoms with E-state index in [2.05, 4.69) is 38.7 Å². The maximum Gasteiger partial charge on any atom is 0.416 e. The number of anilines is 3. The van der Waals surface area contributed by atoms with Crippen molar-refractivity contribution in [2.24, 2.45) is 12.8 Å². The summed E-state index contributed by atoms with van der Waals surface area (Å²) in [5, 5.41) is 10.6. The molecular formula is C26H28F3N7. The summed E-state index contributed by atoms with van der Waals surface area (Å²) in [5.41, 5.74) is 10.4. The number of hydrogen-bond donors (Lipinski definition) is 3. The second-order valence-corrected chi connectivity index (χ2v) is 8.47. The van der Waals surface area contributed by atoms with E-state index in [9.17, 15) is 13.2 Å². The number of alkyl halides is 3. The van der Waals surface area contributed by atoms with E-state index < -0.39 is 11.7 Å². The van der Waals surface area contributed by atoms with Crippen LogP contribution < -0.4 is 16.4 Å². The zero-order valence-electron chi connectivity index (χ0n) is 20.1. The van der Waals surface area contributed by atoms with Crippen molar-refractivity contribution in [3.05, 3.63) is 83.3 Å². The first-order valence-corrected chi connectivity index (χ1v) is 11.6. The third kappa shape index (κ3) is 6.01. The monoisotopic (exact) mass is 495 g/mol. The van der Waals surface area contributed by atoms with Gasteiger partial charge in [0.1, 0.15) is 5.82 Å². The minimum atomic E-state index is -4.40. The molecule has 4 rings (SSSR count). The minimum absolute atomic E-state index is 0.138. The van der Waals surface area contributed by atoms with Gasteiger partial charge in [0.05, 0.1) is 11.8 Å². The maximum atomic E-state index is 13.1. The predicted octanol–water partition coefficient (Wildman–Crippen LogP) is 5.66. The van der Waals surface area contributed by atoms with E-state index in [0.717, 1.165) is 47.4 Å². The molecule has 0 aliphatic carbocycles. The number of nitrogens with one attached hydrogen (secondary N) is 2. The Kier molecular flexibility index (Phi) is 7.54. The lowest BCUT2D eigenvalue weighted by atomic mass is 10.0. The van der Waals surface area contributed by atoms with E-state index in [1.54, 1.807) is 23.1 Å². The van der Waals surface area contributed by atoms with Gasteiger partial charge in [-0.1, -0.05) is 31.5 Å². The van der Waals surface area contributed by atoms with Crippen molar-refractivity contribution < 1.29 is 13.2 Å². The number of hydrogen-bond acceptors (Lipinski definition) is 6. The number of rotatable bonds is 9. The van der Waals surface area contributed by atoms with E-state index in [4.69, 9.17) is 5.73 Å². The molecule has 0 spiro atoms. The average molecular weight is 496 g/mol. The summed E-state index contributed by atoms with van der Waals surface area (Å²) in [6.07, 6.45) is 2.81. The first-order valence-electron chi connectivity index (χ1n) is 11.6. The molecule has 4 aromatic rings. The highest BCUT2D eigenvalue weighted by molar-refractivity contribution is 5.78. The van der Waals surface area contributed by atoms with E-state index in [1.807, 2.05) is 25.4 Å². The molecule has 2 aromatic carbocycles. The molecule has 0 radical (unpaired) electrons. The molecule has 0 amide bonds. The van der Waals surface area contributed by atoms with Gasteiger partial charge in [-0.05, 0) is 47.4 Å². The van der Waals surface area contributed by atoms with Crippen LogP contribution in [0.4, 0.5) is 30.6 Å². The van der Waals surface area contributed by atoms with Crippen LogP contribution >= 0.6 is 0 Å². The number of halogens is 3. The number of nitrogens with two attached hydrogens (primary N) is 1. The molecule has 0 aliphatic heterocycles. The van der Waals surface area contributed by atoms with Gasteiger partial charge in [0.25, 0.3) is 0 Å². The molecule has 2 aromatic heterocycles. The van der Waals surface area contributed by atoms with Crippen LogP contribution in [0.25, 0.3) is 11.1 Å². The van der Waals surface area contributed by atoms with E-state index in [1.165, 1.54) is 11.6 Å². The largest absolute Gasteiger partial charge is 0.416 e. The zero-order chi connectivity index (χ0) is 25.7. The quantitative estimate of drug-likeness (QED) is 0.277. The van der Waals surface area contributed by atoms with Crippen molar-refractivity contribution in [2.75, 3.05) is 10.6 Å². The summed E-state index contributed by atoms with van der Waals surface area (Å²) < 4.78 is 40.8. The first-order chi connectivity index (χ1) is 17.3. The molecule has 0 saturated carbocycles. The van der Waals surface area contributed by atoms with Gasteiger partial charge in [0, 0.05) is 49.3 Å². The number of nitrogens with zero attached hydrogens (tertiary/aromatic N) is 4. The normalized spacial score (nSPS) is 11.5. The van der Waals surface area contributed by atoms with Crippen molar-refractivity contribution in [1.29, 1.82) is 0 Å². The smallest absolute Gasteiger partial charge is 0.350 e. The number of aromatic nitrogens is 4. The van der Waals surface area contributed by atoms with Crippen molar-refractivity contribution in [2.45, 2.75) is 39.0 Å². The fourth-order valence-electron chi connectivity index (χ4n) is 3.92. The van der Waals surface area contributed by atoms with Gasteiger partial charge in [-0.3, -0.25) is 4.68 Å². The summed E-state index contributed by atoms with van der Waals surface area (Å²) in [7, 11) is 1.82. The molecule has 2 heterocycles. The Morgan fingerprint density at radius 3 is 2.58 bits per heavy atom. The molecule has 0 saturated heterocycles. The number of aryl methyl sites for hydroxylation is 2. The Morgan fingerprint density at radius 2 is 1.89 bits per heavy atom. The average Bonchev–Trinajstić information content (AvgIpc) is 3.29. The molecule has 0 aliphatic rings. The fraction of sp³-hybridized carbons (Fsp3) is 0.269. The molecule has 0 fully saturated rings. The second kappa shape index (κ2) is 10.8. The van der Waals surface area contributed by atoms with Gasteiger partial charge in [-0.15, -0.1) is 0 Å². The Bertz CT molecular complexity index is 1330. The summed E-state index contributed by atoms with van der Waals surface area (Å²) in [5.74, 6) is 0.819. The van der Waals surface area contributed by atoms with Gasteiger partial charge in [-0.25, -0.2) is 4.98 Å². The Labute approximate surface area is 207 Å². The van der Waals surface area contributed by atoms with Crippen LogP contribution in [0.1, 0.15) is 35.6 Å². The fourth-order valence-corrected chi connectivity index (χ4v) is 3.92. The molecule has 0 bridgehead atoms. The van der Waals surface area contributed by atoms with E-state index in [-0.39, 0.29) is 12.5 Å². The standard InChI is InChI=1S/C26H28F3N7/c1-3-5-18-8-9-22(11-19(18)12-30)34-24-23(20-14-33-36(2)16-20)15-32-25(35-24)31-13-17-6-4-7-21(10-17)26(27,28)29/h4,6-11,14-16H,3,5,12-13,30H2,1-2H3,(H2,31,32,34,35). The zero-order valence-corrected chi connectivity index (χ0v) is 20.1. The topological polar surface area (TPSA) is 93.7 Å². The van der Waals surface area contributed by atoms with Crippen LogP contribution in [0.15, 0.2) is 61.1 Å². The second-order valence-electron chi connectivity index (χ2n) is 8.47. The van der Waals surface area contributed by atoms with Gasteiger partial charge in [0.2, 0.25) is 5.95 Å². The van der Waals surface area contributed by atoms with Gasteiger partial charge in [0.15, 0.2) is 0 Å². The van der Waals surface area contributed by atoms with Crippen LogP contribution in [0.3, 0.4) is 0 Å². The summed E-state index contributed by atoms with van der Waals surface area (Å²) >= 11 is 0. The third-order valence-corrected chi connectivity index (χ3v) is 5.72. The van der Waals surface area contributed by atoms with Gasteiger partial charge < -0.3 is 16.4 Å². The lowest BCUT2D eigenvalue weighted by Crippen LogP contribution is -2.09. The summed E-state index contributed by atoms with van der Waals surface area (Å²) in [6.45, 7) is 2.69. The highest BCUT2D eigenvalue weighted by atomic mass is 19.4. The molecule has 36 heavy (non-hydrogen) atoms. The Morgan fingerprint density at radius 1 is 1.06 bits per heavy atom. The molecule has 0 unspecified atom stereocenters. The lowest BCUT2D eigenvalue weighted by molar-refractivity contribution is -0.137. The van der Waals surface area contributed by atoms with Crippen LogP contribution in [-0.4, -0.2) is 19.7 Å². The van der Waals surface area contributed by atoms with E-state index >= 15 is 0 Å². The minimum Gasteiger partial charge on any atom is -0.350 e. The van der Waals surface area contributed by atoms with Crippen molar-refractivity contribution in [3.8, 4) is 11.1 Å². The molecular weight excluding hydrogens is 467 g/mol. The molecule has 10 heteroatoms. The van der Waals surface area contributed by atoms with Crippen LogP contribution in [-0.2, 0) is 32.7 Å². The summed E-state index contributed by atoms with van der Waals surface area (Å²) in [4.78, 5) is 9.01. The van der Waals surface area contributed by atoms with Crippen LogP contribution in [0.2, 0.25) is 0 Å². The van der Waals surface area contributed by atoms with Crippen LogP contribution in [0.5, 0.6) is 0 Å². The third-order valence-electron chi connectivity index (χ3n) is 5.72. The van der Waals surface area contributed by atoms with Crippen molar-refractivity contribution >= 4 is 17.5 Å². The molecule has 4 N–H and O–H groups in total. The molecule has 7 nitrogen and oxygen atoms in total. The maximum absolute atomic E-state index is 13.1. The predicted molar refractivity (Wildman–Crippen MR) is 135 cm³/mol. The van der Waals surface area contributed by atoms with Crippen molar-refractivity contribution in [1.82, 2.24) is 19.7 Å². The highest BCUT2D eigenvalue weighted by Crippen LogP contribution is 2.31. The van der Waals surface area contributed by atoms with Gasteiger partial charge >= 0.3 is 6.18 Å². The molecule has 188 valence electrons. The lowest BCUT2D eigenvalue weighted by Gasteiger charge is -2.15. The first kappa shape index (κ1) is 25.2.